The molecule has 0 spiro atoms. The van der Waals surface area contributed by atoms with E-state index < -0.39 is 6.10 Å². The molecule has 1 aromatic heterocycles. The normalized spacial score (nSPS) is 11.9. The number of aliphatic hydroxyl groups is 1. The Labute approximate surface area is 176 Å². The van der Waals surface area contributed by atoms with Gasteiger partial charge in [-0.25, -0.2) is 14.5 Å². The number of carbonyl (C=O) groups is 1. The molecule has 0 radical (unpaired) electrons. The van der Waals surface area contributed by atoms with Crippen molar-refractivity contribution in [3.05, 3.63) is 72.8 Å². The third-order valence-electron chi connectivity index (χ3n) is 4.54. The third kappa shape index (κ3) is 6.05. The Bertz CT molecular complexity index is 916. The lowest BCUT2D eigenvalue weighted by molar-refractivity contribution is 0.0717. The Morgan fingerprint density at radius 3 is 2.60 bits per heavy atom. The molecule has 0 saturated carbocycles. The Morgan fingerprint density at radius 2 is 1.90 bits per heavy atom. The minimum absolute atomic E-state index is 0.0983. The number of rotatable bonds is 9. The molecule has 2 aromatic carbocycles. The van der Waals surface area contributed by atoms with Crippen LogP contribution in [-0.4, -0.2) is 56.1 Å². The van der Waals surface area contributed by atoms with Gasteiger partial charge in [-0.2, -0.15) is 5.10 Å². The Morgan fingerprint density at radius 1 is 1.17 bits per heavy atom. The van der Waals surface area contributed by atoms with Crippen molar-refractivity contribution >= 4 is 11.7 Å². The summed E-state index contributed by atoms with van der Waals surface area (Å²) in [6, 6.07) is 16.5. The number of benzene rings is 2. The molecule has 0 fully saturated rings. The molecule has 2 amide bonds. The first-order valence-corrected chi connectivity index (χ1v) is 9.86. The zero-order valence-corrected chi connectivity index (χ0v) is 17.2. The fraction of sp³-hybridized carbons (Fsp3) is 0.318. The summed E-state index contributed by atoms with van der Waals surface area (Å²) in [5.74, 6) is 0.680. The summed E-state index contributed by atoms with van der Waals surface area (Å²) in [5.41, 5.74) is 1.60. The summed E-state index contributed by atoms with van der Waals surface area (Å²) in [6.07, 6.45) is 2.28. The van der Waals surface area contributed by atoms with Gasteiger partial charge in [0.15, 0.2) is 0 Å². The van der Waals surface area contributed by atoms with Crippen LogP contribution in [0.4, 0.5) is 10.5 Å². The molecule has 30 heavy (non-hydrogen) atoms. The van der Waals surface area contributed by atoms with Gasteiger partial charge in [0.2, 0.25) is 0 Å². The summed E-state index contributed by atoms with van der Waals surface area (Å²) in [7, 11) is 0. The van der Waals surface area contributed by atoms with Gasteiger partial charge in [-0.1, -0.05) is 36.4 Å². The molecule has 8 nitrogen and oxygen atoms in total. The van der Waals surface area contributed by atoms with E-state index in [-0.39, 0.29) is 25.2 Å². The average Bonchev–Trinajstić information content (AvgIpc) is 3.25. The highest BCUT2D eigenvalue weighted by Gasteiger charge is 2.22. The Kier molecular flexibility index (Phi) is 7.40. The predicted molar refractivity (Wildman–Crippen MR) is 114 cm³/mol. The van der Waals surface area contributed by atoms with Crippen LogP contribution >= 0.6 is 0 Å². The molecular weight excluding hydrogens is 382 g/mol. The topological polar surface area (TPSA) is 92.5 Å². The van der Waals surface area contributed by atoms with Crippen molar-refractivity contribution in [2.75, 3.05) is 18.5 Å². The van der Waals surface area contributed by atoms with Crippen LogP contribution in [0.25, 0.3) is 0 Å². The number of hydrogen-bond donors (Lipinski definition) is 2. The van der Waals surface area contributed by atoms with Crippen molar-refractivity contribution in [3.63, 3.8) is 0 Å². The molecule has 0 bridgehead atoms. The molecule has 0 aliphatic carbocycles. The first-order valence-electron chi connectivity index (χ1n) is 9.86. The minimum Gasteiger partial charge on any atom is -0.491 e. The zero-order chi connectivity index (χ0) is 21.3. The van der Waals surface area contributed by atoms with Gasteiger partial charge in [0.05, 0.1) is 13.1 Å². The fourth-order valence-corrected chi connectivity index (χ4v) is 2.97. The molecule has 158 valence electrons. The number of nitrogens with one attached hydrogen (secondary N) is 1. The van der Waals surface area contributed by atoms with Gasteiger partial charge in [-0.15, -0.1) is 0 Å². The van der Waals surface area contributed by atoms with Crippen molar-refractivity contribution in [2.24, 2.45) is 0 Å². The number of nitrogens with zero attached hydrogens (tertiary/aromatic N) is 4. The van der Waals surface area contributed by atoms with Crippen LogP contribution in [-0.2, 0) is 6.54 Å². The Balaban J connectivity index is 1.61. The van der Waals surface area contributed by atoms with E-state index in [1.54, 1.807) is 15.9 Å². The van der Waals surface area contributed by atoms with Crippen LogP contribution in [0.3, 0.4) is 0 Å². The van der Waals surface area contributed by atoms with Gasteiger partial charge in [-0.05, 0) is 37.6 Å². The maximum absolute atomic E-state index is 12.9. The molecule has 0 aliphatic heterocycles. The largest absolute Gasteiger partial charge is 0.491 e. The van der Waals surface area contributed by atoms with Crippen molar-refractivity contribution < 1.29 is 14.6 Å². The summed E-state index contributed by atoms with van der Waals surface area (Å²) >= 11 is 0. The van der Waals surface area contributed by atoms with Gasteiger partial charge in [0.1, 0.15) is 31.1 Å². The molecule has 8 heteroatoms. The van der Waals surface area contributed by atoms with E-state index in [0.717, 1.165) is 5.56 Å². The maximum Gasteiger partial charge on any atom is 0.322 e. The first kappa shape index (κ1) is 21.3. The van der Waals surface area contributed by atoms with Crippen LogP contribution < -0.4 is 10.1 Å². The van der Waals surface area contributed by atoms with Crippen LogP contribution in [0.2, 0.25) is 0 Å². The van der Waals surface area contributed by atoms with Gasteiger partial charge in [0.25, 0.3) is 0 Å². The van der Waals surface area contributed by atoms with E-state index in [9.17, 15) is 9.90 Å². The SMILES string of the molecule is CC(C)N(CC(O)COc1ccccc1)C(=O)Nc1ccccc1Cn1cncn1. The summed E-state index contributed by atoms with van der Waals surface area (Å²) in [4.78, 5) is 18.5. The lowest BCUT2D eigenvalue weighted by Gasteiger charge is -2.29. The zero-order valence-electron chi connectivity index (χ0n) is 17.2. The number of aromatic nitrogens is 3. The quantitative estimate of drug-likeness (QED) is 0.567. The van der Waals surface area contributed by atoms with E-state index in [1.165, 1.54) is 6.33 Å². The van der Waals surface area contributed by atoms with Crippen molar-refractivity contribution in [3.8, 4) is 5.75 Å². The van der Waals surface area contributed by atoms with E-state index in [2.05, 4.69) is 15.4 Å². The number of ether oxygens (including phenoxy) is 1. The summed E-state index contributed by atoms with van der Waals surface area (Å²) in [5, 5.41) is 17.5. The van der Waals surface area contributed by atoms with Gasteiger partial charge in [-0.3, -0.25) is 0 Å². The number of aliphatic hydroxyl groups excluding tert-OH is 1. The number of carbonyl (C=O) groups excluding carboxylic acids is 1. The minimum atomic E-state index is -0.816. The monoisotopic (exact) mass is 409 g/mol. The number of amides is 2. The Hall–Kier alpha value is -3.39. The average molecular weight is 409 g/mol. The predicted octanol–water partition coefficient (Wildman–Crippen LogP) is 3.01. The number of hydrogen-bond acceptors (Lipinski definition) is 5. The van der Waals surface area contributed by atoms with E-state index in [0.29, 0.717) is 18.0 Å². The van der Waals surface area contributed by atoms with Crippen LogP contribution in [0.5, 0.6) is 5.75 Å². The summed E-state index contributed by atoms with van der Waals surface area (Å²) < 4.78 is 7.29. The lowest BCUT2D eigenvalue weighted by Crippen LogP contribution is -2.45. The highest BCUT2D eigenvalue weighted by atomic mass is 16.5. The molecule has 0 aliphatic rings. The van der Waals surface area contributed by atoms with E-state index in [1.807, 2.05) is 68.4 Å². The smallest absolute Gasteiger partial charge is 0.322 e. The second-order valence-electron chi connectivity index (χ2n) is 7.20. The van der Waals surface area contributed by atoms with Crippen LogP contribution in [0, 0.1) is 0 Å². The van der Waals surface area contributed by atoms with Gasteiger partial charge < -0.3 is 20.1 Å². The highest BCUT2D eigenvalue weighted by Crippen LogP contribution is 2.17. The molecule has 3 aromatic rings. The molecule has 1 atom stereocenters. The van der Waals surface area contributed by atoms with Crippen LogP contribution in [0.1, 0.15) is 19.4 Å². The van der Waals surface area contributed by atoms with Crippen LogP contribution in [0.15, 0.2) is 67.3 Å². The standard InChI is InChI=1S/C22H27N5O3/c1-17(2)27(13-19(28)14-30-20-9-4-3-5-10-20)22(29)25-21-11-7-6-8-18(21)12-26-16-23-15-24-26/h3-11,15-17,19,28H,12-14H2,1-2H3,(H,25,29). The molecule has 1 unspecified atom stereocenters. The maximum atomic E-state index is 12.9. The first-order chi connectivity index (χ1) is 14.5. The highest BCUT2D eigenvalue weighted by molar-refractivity contribution is 5.90. The van der Waals surface area contributed by atoms with Gasteiger partial charge in [0, 0.05) is 11.7 Å². The van der Waals surface area contributed by atoms with Gasteiger partial charge >= 0.3 is 6.03 Å². The second-order valence-corrected chi connectivity index (χ2v) is 7.20. The summed E-state index contributed by atoms with van der Waals surface area (Å²) in [6.45, 7) is 4.56. The number of anilines is 1. The molecular formula is C22H27N5O3. The van der Waals surface area contributed by atoms with Crippen molar-refractivity contribution in [2.45, 2.75) is 32.5 Å². The lowest BCUT2D eigenvalue weighted by atomic mass is 10.1. The number of para-hydroxylation sites is 2. The second kappa shape index (κ2) is 10.4. The van der Waals surface area contributed by atoms with Crippen molar-refractivity contribution in [1.29, 1.82) is 0 Å². The molecule has 3 rings (SSSR count). The third-order valence-corrected chi connectivity index (χ3v) is 4.54. The molecule has 1 heterocycles. The molecule has 0 saturated heterocycles. The molecule has 2 N–H and O–H groups in total. The number of urea groups is 1. The van der Waals surface area contributed by atoms with E-state index >= 15 is 0 Å². The fourth-order valence-electron chi connectivity index (χ4n) is 2.97. The van der Waals surface area contributed by atoms with E-state index in [4.69, 9.17) is 4.74 Å². The van der Waals surface area contributed by atoms with Crippen molar-refractivity contribution in [1.82, 2.24) is 19.7 Å².